The van der Waals surface area contributed by atoms with E-state index in [1.807, 2.05) is 24.3 Å². The number of para-hydroxylation sites is 1. The predicted molar refractivity (Wildman–Crippen MR) is 83.4 cm³/mol. The van der Waals surface area contributed by atoms with Crippen molar-refractivity contribution in [3.63, 3.8) is 0 Å². The fraction of sp³-hybridized carbons (Fsp3) is 0. The predicted octanol–water partition coefficient (Wildman–Crippen LogP) is 2.48. The van der Waals surface area contributed by atoms with Crippen LogP contribution >= 0.6 is 0 Å². The molecule has 0 fully saturated rings. The summed E-state index contributed by atoms with van der Waals surface area (Å²) in [4.78, 5) is 19.3. The number of fused-ring (bicyclic) bond motifs is 3. The Kier molecular flexibility index (Phi) is 2.94. The Labute approximate surface area is 130 Å². The van der Waals surface area contributed by atoms with Gasteiger partial charge in [-0.05, 0) is 29.8 Å². The van der Waals surface area contributed by atoms with E-state index in [1.165, 1.54) is 18.5 Å². The van der Waals surface area contributed by atoms with Crippen LogP contribution < -0.4 is 10.4 Å². The maximum Gasteiger partial charge on any atom is 0.196 e. The molecule has 0 radical (unpaired) electrons. The number of nitrogens with one attached hydrogen (secondary N) is 1. The lowest BCUT2D eigenvalue weighted by Gasteiger charge is -2.07. The van der Waals surface area contributed by atoms with Crippen LogP contribution in [0.1, 0.15) is 10.4 Å². The van der Waals surface area contributed by atoms with E-state index in [9.17, 15) is 9.90 Å². The highest BCUT2D eigenvalue weighted by molar-refractivity contribution is 6.05. The number of nitrogens with zero attached hydrogens (tertiary/aromatic N) is 2. The fourth-order valence-electron chi connectivity index (χ4n) is 2.44. The maximum absolute atomic E-state index is 10.8. The second-order valence-electron chi connectivity index (χ2n) is 4.99. The lowest BCUT2D eigenvalue weighted by atomic mass is 10.2. The molecule has 0 aliphatic rings. The van der Waals surface area contributed by atoms with Crippen LogP contribution in [0.3, 0.4) is 0 Å². The first kappa shape index (κ1) is 13.3. The number of aromatic nitrogens is 2. The Morgan fingerprint density at radius 1 is 1.04 bits per heavy atom. The maximum atomic E-state index is 10.8. The molecule has 0 saturated heterocycles. The van der Waals surface area contributed by atoms with Crippen molar-refractivity contribution < 1.29 is 14.3 Å². The summed E-state index contributed by atoms with van der Waals surface area (Å²) in [5.74, 6) is -0.689. The summed E-state index contributed by atoms with van der Waals surface area (Å²) >= 11 is 0. The van der Waals surface area contributed by atoms with Gasteiger partial charge in [0.15, 0.2) is 11.4 Å². The first-order valence-corrected chi connectivity index (χ1v) is 6.93. The third-order valence-corrected chi connectivity index (χ3v) is 3.54. The summed E-state index contributed by atoms with van der Waals surface area (Å²) in [5.41, 5.74) is 2.82. The number of carbonyl (C=O) groups is 1. The minimum atomic E-state index is -1.21. The molecule has 0 aliphatic carbocycles. The van der Waals surface area contributed by atoms with Gasteiger partial charge in [0, 0.05) is 11.1 Å². The number of aromatic carboxylic acids is 1. The van der Waals surface area contributed by atoms with Crippen LogP contribution in [0.25, 0.3) is 22.1 Å². The molecule has 0 saturated carbocycles. The zero-order chi connectivity index (χ0) is 15.8. The minimum Gasteiger partial charge on any atom is -0.545 e. The molecule has 2 heterocycles. The first-order valence-electron chi connectivity index (χ1n) is 6.93. The van der Waals surface area contributed by atoms with E-state index in [1.54, 1.807) is 12.1 Å². The molecular weight excluding hydrogens is 294 g/mol. The van der Waals surface area contributed by atoms with E-state index in [0.29, 0.717) is 17.1 Å². The summed E-state index contributed by atoms with van der Waals surface area (Å²) in [7, 11) is 0. The highest BCUT2D eigenvalue weighted by Crippen LogP contribution is 2.31. The van der Waals surface area contributed by atoms with Gasteiger partial charge in [0.05, 0.1) is 5.97 Å². The average Bonchev–Trinajstić information content (AvgIpc) is 2.95. The Morgan fingerprint density at radius 2 is 1.83 bits per heavy atom. The van der Waals surface area contributed by atoms with Gasteiger partial charge in [0.1, 0.15) is 17.4 Å². The molecule has 0 spiro atoms. The summed E-state index contributed by atoms with van der Waals surface area (Å²) in [5, 5.41) is 14.8. The van der Waals surface area contributed by atoms with E-state index in [2.05, 4.69) is 15.3 Å². The largest absolute Gasteiger partial charge is 0.545 e. The van der Waals surface area contributed by atoms with Gasteiger partial charge in [-0.15, -0.1) is 0 Å². The lowest BCUT2D eigenvalue weighted by Crippen LogP contribution is -2.21. The second-order valence-corrected chi connectivity index (χ2v) is 4.99. The van der Waals surface area contributed by atoms with Gasteiger partial charge in [0.2, 0.25) is 0 Å². The Morgan fingerprint density at radius 3 is 2.61 bits per heavy atom. The smallest absolute Gasteiger partial charge is 0.196 e. The molecule has 2 aromatic carbocycles. The molecule has 0 atom stereocenters. The van der Waals surface area contributed by atoms with Crippen molar-refractivity contribution in [3.8, 4) is 0 Å². The highest BCUT2D eigenvalue weighted by Gasteiger charge is 2.12. The van der Waals surface area contributed by atoms with Crippen LogP contribution in [0.15, 0.2) is 59.3 Å². The second kappa shape index (κ2) is 5.10. The number of furan rings is 1. The van der Waals surface area contributed by atoms with Crippen LogP contribution in [-0.2, 0) is 0 Å². The van der Waals surface area contributed by atoms with E-state index in [-0.39, 0.29) is 5.56 Å². The zero-order valence-electron chi connectivity index (χ0n) is 11.8. The van der Waals surface area contributed by atoms with Crippen molar-refractivity contribution in [3.05, 3.63) is 60.4 Å². The number of hydrogen-bond acceptors (Lipinski definition) is 6. The van der Waals surface area contributed by atoms with Gasteiger partial charge in [-0.25, -0.2) is 9.97 Å². The van der Waals surface area contributed by atoms with Gasteiger partial charge < -0.3 is 19.6 Å². The van der Waals surface area contributed by atoms with Crippen molar-refractivity contribution in [1.82, 2.24) is 9.97 Å². The van der Waals surface area contributed by atoms with E-state index < -0.39 is 5.97 Å². The van der Waals surface area contributed by atoms with Crippen molar-refractivity contribution >= 4 is 39.5 Å². The molecule has 112 valence electrons. The van der Waals surface area contributed by atoms with Crippen molar-refractivity contribution in [2.75, 3.05) is 5.32 Å². The fourth-order valence-corrected chi connectivity index (χ4v) is 2.44. The van der Waals surface area contributed by atoms with E-state index in [0.717, 1.165) is 16.5 Å². The van der Waals surface area contributed by atoms with Gasteiger partial charge >= 0.3 is 0 Å². The zero-order valence-corrected chi connectivity index (χ0v) is 11.8. The SMILES string of the molecule is O=C([O-])c1ccc(Nc2ncnc3c2oc2ccccc23)cc1. The number of hydrogen-bond donors (Lipinski definition) is 1. The topological polar surface area (TPSA) is 91.1 Å². The number of carbonyl (C=O) groups excluding carboxylic acids is 1. The Balaban J connectivity index is 1.78. The number of rotatable bonds is 3. The lowest BCUT2D eigenvalue weighted by molar-refractivity contribution is -0.255. The molecule has 4 aromatic rings. The van der Waals surface area contributed by atoms with E-state index >= 15 is 0 Å². The quantitative estimate of drug-likeness (QED) is 0.625. The van der Waals surface area contributed by atoms with Crippen LogP contribution in [0, 0.1) is 0 Å². The Bertz CT molecular complexity index is 1020. The third-order valence-electron chi connectivity index (χ3n) is 3.54. The van der Waals surface area contributed by atoms with Gasteiger partial charge in [-0.2, -0.15) is 0 Å². The van der Waals surface area contributed by atoms with Crippen LogP contribution in [0.5, 0.6) is 0 Å². The summed E-state index contributed by atoms with van der Waals surface area (Å²) < 4.78 is 5.83. The summed E-state index contributed by atoms with van der Waals surface area (Å²) in [6.07, 6.45) is 1.46. The minimum absolute atomic E-state index is 0.118. The average molecular weight is 304 g/mol. The molecule has 6 nitrogen and oxygen atoms in total. The molecule has 0 unspecified atom stereocenters. The van der Waals surface area contributed by atoms with Gasteiger partial charge in [0.25, 0.3) is 0 Å². The van der Waals surface area contributed by atoms with Crippen molar-refractivity contribution in [1.29, 1.82) is 0 Å². The van der Waals surface area contributed by atoms with Crippen LogP contribution in [0.2, 0.25) is 0 Å². The highest BCUT2D eigenvalue weighted by atomic mass is 16.4. The molecule has 0 aliphatic heterocycles. The molecule has 0 amide bonds. The third kappa shape index (κ3) is 2.26. The Hall–Kier alpha value is -3.41. The van der Waals surface area contributed by atoms with Gasteiger partial charge in [-0.3, -0.25) is 0 Å². The standard InChI is InChI=1S/C17H11N3O3/c21-17(22)10-5-7-11(8-6-10)20-16-15-14(18-9-19-16)12-3-1-2-4-13(12)23-15/h1-9H,(H,21,22)(H,18,19,20)/p-1. The molecule has 1 N–H and O–H groups in total. The molecular formula is C17H10N3O3-. The van der Waals surface area contributed by atoms with Crippen LogP contribution in [-0.4, -0.2) is 15.9 Å². The monoisotopic (exact) mass is 304 g/mol. The van der Waals surface area contributed by atoms with Crippen molar-refractivity contribution in [2.45, 2.75) is 0 Å². The number of carboxylic acids is 1. The van der Waals surface area contributed by atoms with Gasteiger partial charge in [-0.1, -0.05) is 24.3 Å². The number of carboxylic acid groups (broad SMARTS) is 1. The molecule has 2 aromatic heterocycles. The van der Waals surface area contributed by atoms with Crippen molar-refractivity contribution in [2.24, 2.45) is 0 Å². The summed E-state index contributed by atoms with van der Waals surface area (Å²) in [6.45, 7) is 0. The first-order chi connectivity index (χ1) is 11.2. The molecule has 6 heteroatoms. The molecule has 4 rings (SSSR count). The molecule has 23 heavy (non-hydrogen) atoms. The van der Waals surface area contributed by atoms with Crippen LogP contribution in [0.4, 0.5) is 11.5 Å². The summed E-state index contributed by atoms with van der Waals surface area (Å²) in [6, 6.07) is 13.8. The number of benzene rings is 2. The number of anilines is 2. The van der Waals surface area contributed by atoms with E-state index in [4.69, 9.17) is 4.42 Å². The normalized spacial score (nSPS) is 11.0. The molecule has 0 bridgehead atoms.